The van der Waals surface area contributed by atoms with Crippen molar-refractivity contribution in [2.24, 2.45) is 0 Å². The Morgan fingerprint density at radius 2 is 1.70 bits per heavy atom. The summed E-state index contributed by atoms with van der Waals surface area (Å²) in [5.74, 6) is 0.271. The second-order valence-corrected chi connectivity index (χ2v) is 10.9. The SMILES string of the molecule is CCOc1ccc(S(=O)(=O)C(CNC(=O)c2ccc(C(C)(C)C)cc2)c2cccnc2)cc1. The Morgan fingerprint density at radius 1 is 1.03 bits per heavy atom. The second-order valence-electron chi connectivity index (χ2n) is 8.76. The van der Waals surface area contributed by atoms with Gasteiger partial charge in [-0.3, -0.25) is 9.78 Å². The summed E-state index contributed by atoms with van der Waals surface area (Å²) in [6.45, 7) is 8.59. The molecule has 0 bridgehead atoms. The molecule has 1 N–H and O–H groups in total. The number of nitrogens with zero attached hydrogens (tertiary/aromatic N) is 1. The third kappa shape index (κ3) is 5.99. The van der Waals surface area contributed by atoms with Gasteiger partial charge in [0.15, 0.2) is 9.84 Å². The van der Waals surface area contributed by atoms with Gasteiger partial charge in [-0.1, -0.05) is 39.0 Å². The molecule has 0 aliphatic heterocycles. The number of hydrogen-bond donors (Lipinski definition) is 1. The van der Waals surface area contributed by atoms with Gasteiger partial charge in [-0.05, 0) is 65.9 Å². The molecule has 0 saturated heterocycles. The van der Waals surface area contributed by atoms with E-state index in [1.165, 1.54) is 18.3 Å². The molecule has 7 heteroatoms. The van der Waals surface area contributed by atoms with E-state index in [1.807, 2.05) is 19.1 Å². The van der Waals surface area contributed by atoms with Gasteiger partial charge in [0, 0.05) is 24.5 Å². The number of carbonyl (C=O) groups is 1. The molecule has 0 aliphatic carbocycles. The van der Waals surface area contributed by atoms with Gasteiger partial charge in [-0.15, -0.1) is 0 Å². The summed E-state index contributed by atoms with van der Waals surface area (Å²) in [7, 11) is -3.80. The first-order valence-electron chi connectivity index (χ1n) is 10.9. The quantitative estimate of drug-likeness (QED) is 0.519. The first kappa shape index (κ1) is 24.5. The highest BCUT2D eigenvalue weighted by atomic mass is 32.2. The fourth-order valence-corrected chi connectivity index (χ4v) is 5.08. The van der Waals surface area contributed by atoms with Crippen molar-refractivity contribution in [3.63, 3.8) is 0 Å². The molecule has 1 atom stereocenters. The number of benzene rings is 2. The maximum absolute atomic E-state index is 13.5. The first-order chi connectivity index (χ1) is 15.6. The molecular formula is C26H30N2O4S. The van der Waals surface area contributed by atoms with Gasteiger partial charge in [-0.2, -0.15) is 0 Å². The molecule has 0 fully saturated rings. The van der Waals surface area contributed by atoms with Crippen LogP contribution < -0.4 is 10.1 Å². The highest BCUT2D eigenvalue weighted by Gasteiger charge is 2.30. The fraction of sp³-hybridized carbons (Fsp3) is 0.308. The third-order valence-corrected chi connectivity index (χ3v) is 7.47. The second kappa shape index (κ2) is 10.2. The van der Waals surface area contributed by atoms with Crippen LogP contribution in [-0.2, 0) is 15.3 Å². The summed E-state index contributed by atoms with van der Waals surface area (Å²) >= 11 is 0. The van der Waals surface area contributed by atoms with Gasteiger partial charge in [0.1, 0.15) is 11.0 Å². The van der Waals surface area contributed by atoms with Gasteiger partial charge < -0.3 is 10.1 Å². The lowest BCUT2D eigenvalue weighted by Gasteiger charge is -2.20. The van der Waals surface area contributed by atoms with Crippen molar-refractivity contribution in [2.75, 3.05) is 13.2 Å². The lowest BCUT2D eigenvalue weighted by atomic mass is 9.87. The van der Waals surface area contributed by atoms with Crippen LogP contribution in [-0.4, -0.2) is 32.5 Å². The smallest absolute Gasteiger partial charge is 0.251 e. The molecule has 1 unspecified atom stereocenters. The summed E-state index contributed by atoms with van der Waals surface area (Å²) in [4.78, 5) is 17.0. The van der Waals surface area contributed by atoms with E-state index < -0.39 is 15.1 Å². The Bertz CT molecular complexity index is 1170. The Labute approximate surface area is 196 Å². The van der Waals surface area contributed by atoms with Gasteiger partial charge >= 0.3 is 0 Å². The molecule has 33 heavy (non-hydrogen) atoms. The van der Waals surface area contributed by atoms with Crippen LogP contribution in [0.4, 0.5) is 0 Å². The summed E-state index contributed by atoms with van der Waals surface area (Å²) in [5.41, 5.74) is 2.08. The van der Waals surface area contributed by atoms with E-state index in [-0.39, 0.29) is 22.8 Å². The van der Waals surface area contributed by atoms with Gasteiger partial charge in [-0.25, -0.2) is 8.42 Å². The van der Waals surface area contributed by atoms with Crippen LogP contribution in [0.2, 0.25) is 0 Å². The number of hydrogen-bond acceptors (Lipinski definition) is 5. The maximum atomic E-state index is 13.5. The van der Waals surface area contributed by atoms with Crippen molar-refractivity contribution in [3.8, 4) is 5.75 Å². The molecule has 0 saturated carbocycles. The zero-order chi connectivity index (χ0) is 24.1. The average Bonchev–Trinajstić information content (AvgIpc) is 2.80. The summed E-state index contributed by atoms with van der Waals surface area (Å²) in [5, 5.41) is 1.81. The van der Waals surface area contributed by atoms with Crippen molar-refractivity contribution in [3.05, 3.63) is 89.7 Å². The van der Waals surface area contributed by atoms with Gasteiger partial charge in [0.05, 0.1) is 11.5 Å². The van der Waals surface area contributed by atoms with Crippen LogP contribution in [0.1, 0.15) is 54.4 Å². The number of ether oxygens (including phenoxy) is 1. The monoisotopic (exact) mass is 466 g/mol. The molecule has 3 aromatic rings. The van der Waals surface area contributed by atoms with Crippen LogP contribution in [0.3, 0.4) is 0 Å². The Morgan fingerprint density at radius 3 is 2.24 bits per heavy atom. The molecule has 6 nitrogen and oxygen atoms in total. The van der Waals surface area contributed by atoms with Gasteiger partial charge in [0.25, 0.3) is 5.91 Å². The lowest BCUT2D eigenvalue weighted by Crippen LogP contribution is -2.32. The molecule has 3 rings (SSSR count). The zero-order valence-corrected chi connectivity index (χ0v) is 20.2. The number of amides is 1. The van der Waals surface area contributed by atoms with E-state index in [4.69, 9.17) is 4.74 Å². The maximum Gasteiger partial charge on any atom is 0.251 e. The number of aromatic nitrogens is 1. The highest BCUT2D eigenvalue weighted by Crippen LogP contribution is 2.29. The lowest BCUT2D eigenvalue weighted by molar-refractivity contribution is 0.0953. The largest absolute Gasteiger partial charge is 0.494 e. The van der Waals surface area contributed by atoms with Crippen molar-refractivity contribution in [1.29, 1.82) is 0 Å². The van der Waals surface area contributed by atoms with E-state index in [9.17, 15) is 13.2 Å². The normalized spacial score (nSPS) is 12.7. The standard InChI is InChI=1S/C26H30N2O4S/c1-5-32-22-12-14-23(15-13-22)33(30,31)24(20-7-6-16-27-17-20)18-28-25(29)19-8-10-21(11-9-19)26(2,3)4/h6-17,24H,5,18H2,1-4H3,(H,28,29). The van der Waals surface area contributed by atoms with E-state index in [1.54, 1.807) is 42.6 Å². The first-order valence-corrected chi connectivity index (χ1v) is 12.4. The van der Waals surface area contributed by atoms with E-state index in [2.05, 4.69) is 31.1 Å². The number of nitrogens with one attached hydrogen (secondary N) is 1. The van der Waals surface area contributed by atoms with Crippen molar-refractivity contribution in [1.82, 2.24) is 10.3 Å². The van der Waals surface area contributed by atoms with Crippen LogP contribution in [0.15, 0.2) is 78.0 Å². The van der Waals surface area contributed by atoms with Crippen LogP contribution >= 0.6 is 0 Å². The summed E-state index contributed by atoms with van der Waals surface area (Å²) in [6, 6.07) is 17.1. The molecule has 1 aromatic heterocycles. The molecule has 0 spiro atoms. The number of sulfone groups is 1. The minimum absolute atomic E-state index is 0.0216. The highest BCUT2D eigenvalue weighted by molar-refractivity contribution is 7.91. The number of rotatable bonds is 8. The summed E-state index contributed by atoms with van der Waals surface area (Å²) in [6.07, 6.45) is 3.10. The van der Waals surface area contributed by atoms with E-state index >= 15 is 0 Å². The molecule has 1 amide bonds. The topological polar surface area (TPSA) is 85.4 Å². The Balaban J connectivity index is 1.84. The molecular weight excluding hydrogens is 436 g/mol. The molecule has 2 aromatic carbocycles. The van der Waals surface area contributed by atoms with Crippen LogP contribution in [0.5, 0.6) is 5.75 Å². The van der Waals surface area contributed by atoms with Crippen molar-refractivity contribution < 1.29 is 17.9 Å². The minimum Gasteiger partial charge on any atom is -0.494 e. The molecule has 0 aliphatic rings. The number of pyridine rings is 1. The van der Waals surface area contributed by atoms with Gasteiger partial charge in [0.2, 0.25) is 0 Å². The average molecular weight is 467 g/mol. The summed E-state index contributed by atoms with van der Waals surface area (Å²) < 4.78 is 32.4. The molecule has 174 valence electrons. The van der Waals surface area contributed by atoms with Crippen LogP contribution in [0, 0.1) is 0 Å². The Kier molecular flexibility index (Phi) is 7.53. The molecule has 0 radical (unpaired) electrons. The zero-order valence-electron chi connectivity index (χ0n) is 19.4. The van der Waals surface area contributed by atoms with E-state index in [0.717, 1.165) is 5.56 Å². The Hall–Kier alpha value is -3.19. The minimum atomic E-state index is -3.80. The predicted octanol–water partition coefficient (Wildman–Crippen LogP) is 4.72. The molecule has 1 heterocycles. The van der Waals surface area contributed by atoms with E-state index in [0.29, 0.717) is 23.5 Å². The third-order valence-electron chi connectivity index (χ3n) is 5.36. The van der Waals surface area contributed by atoms with Crippen LogP contribution in [0.25, 0.3) is 0 Å². The van der Waals surface area contributed by atoms with Crippen molar-refractivity contribution >= 4 is 15.7 Å². The number of carbonyl (C=O) groups excluding carboxylic acids is 1. The predicted molar refractivity (Wildman–Crippen MR) is 129 cm³/mol. The fourth-order valence-electron chi connectivity index (χ4n) is 3.44. The van der Waals surface area contributed by atoms with Crippen molar-refractivity contribution in [2.45, 2.75) is 43.3 Å².